The second kappa shape index (κ2) is 10.6. The minimum atomic E-state index is -0.639. The highest BCUT2D eigenvalue weighted by Gasteiger charge is 2.20. The van der Waals surface area contributed by atoms with Gasteiger partial charge in [-0.05, 0) is 44.4 Å². The Morgan fingerprint density at radius 3 is 2.58 bits per heavy atom. The zero-order valence-corrected chi connectivity index (χ0v) is 16.6. The maximum Gasteiger partial charge on any atom is 0.191 e. The van der Waals surface area contributed by atoms with Crippen LogP contribution in [0.25, 0.3) is 0 Å². The Balaban J connectivity index is 1.86. The molecule has 1 aliphatic heterocycles. The molecule has 26 heavy (non-hydrogen) atoms. The average Bonchev–Trinajstić information content (AvgIpc) is 2.61. The molecule has 1 atom stereocenters. The molecule has 1 unspecified atom stereocenters. The Hall–Kier alpha value is -1.56. The van der Waals surface area contributed by atoms with Gasteiger partial charge in [0.1, 0.15) is 0 Å². The minimum Gasteiger partial charge on any atom is -0.386 e. The van der Waals surface area contributed by atoms with Crippen molar-refractivity contribution in [2.45, 2.75) is 38.8 Å². The summed E-state index contributed by atoms with van der Waals surface area (Å²) in [5, 5.41) is 17.8. The number of nitrogens with one attached hydrogen (secondary N) is 2. The predicted octanol–water partition coefficient (Wildman–Crippen LogP) is 2.97. The van der Waals surface area contributed by atoms with Crippen LogP contribution in [-0.4, -0.2) is 54.7 Å². The number of guanidine groups is 1. The summed E-state index contributed by atoms with van der Waals surface area (Å²) in [6.45, 7) is 12.3. The molecule has 1 aliphatic rings. The summed E-state index contributed by atoms with van der Waals surface area (Å²) >= 11 is 5.89. The number of rotatable bonds is 7. The SMILES string of the molecule is C=C(C)CN1CCC(NC(=NCC(O)c2ccc(Cl)cc2)NCC)CC1. The summed E-state index contributed by atoms with van der Waals surface area (Å²) in [7, 11) is 0. The smallest absolute Gasteiger partial charge is 0.191 e. The third-order valence-corrected chi connectivity index (χ3v) is 4.70. The highest BCUT2D eigenvalue weighted by molar-refractivity contribution is 6.30. The van der Waals surface area contributed by atoms with Gasteiger partial charge < -0.3 is 15.7 Å². The van der Waals surface area contributed by atoms with Crippen LogP contribution in [0.1, 0.15) is 38.4 Å². The van der Waals surface area contributed by atoms with Crippen molar-refractivity contribution in [3.8, 4) is 0 Å². The molecule has 1 aromatic carbocycles. The fourth-order valence-electron chi connectivity index (χ4n) is 3.10. The Labute approximate surface area is 162 Å². The van der Waals surface area contributed by atoms with E-state index in [1.807, 2.05) is 19.1 Å². The highest BCUT2D eigenvalue weighted by atomic mass is 35.5. The van der Waals surface area contributed by atoms with Crippen LogP contribution < -0.4 is 10.6 Å². The molecule has 0 aliphatic carbocycles. The fourth-order valence-corrected chi connectivity index (χ4v) is 3.22. The summed E-state index contributed by atoms with van der Waals surface area (Å²) in [4.78, 5) is 7.00. The molecular formula is C20H31ClN4O. The van der Waals surface area contributed by atoms with Crippen molar-refractivity contribution in [2.75, 3.05) is 32.7 Å². The van der Waals surface area contributed by atoms with E-state index in [4.69, 9.17) is 11.6 Å². The third-order valence-electron chi connectivity index (χ3n) is 4.44. The number of aliphatic imine (C=N–C) groups is 1. The van der Waals surface area contributed by atoms with Crippen molar-refractivity contribution in [1.29, 1.82) is 0 Å². The number of hydrogen-bond donors (Lipinski definition) is 3. The second-order valence-electron chi connectivity index (χ2n) is 6.94. The Bertz CT molecular complexity index is 594. The van der Waals surface area contributed by atoms with Crippen molar-refractivity contribution >= 4 is 17.6 Å². The molecule has 3 N–H and O–H groups in total. The highest BCUT2D eigenvalue weighted by Crippen LogP contribution is 2.17. The lowest BCUT2D eigenvalue weighted by Gasteiger charge is -2.33. The first-order valence-corrected chi connectivity index (χ1v) is 9.70. The van der Waals surface area contributed by atoms with Crippen molar-refractivity contribution < 1.29 is 5.11 Å². The van der Waals surface area contributed by atoms with Gasteiger partial charge >= 0.3 is 0 Å². The van der Waals surface area contributed by atoms with Gasteiger partial charge in [0, 0.05) is 37.2 Å². The van der Waals surface area contributed by atoms with Crippen LogP contribution in [0.3, 0.4) is 0 Å². The Kier molecular flexibility index (Phi) is 8.42. The van der Waals surface area contributed by atoms with Gasteiger partial charge in [0.15, 0.2) is 5.96 Å². The van der Waals surface area contributed by atoms with Gasteiger partial charge in [-0.25, -0.2) is 0 Å². The van der Waals surface area contributed by atoms with Gasteiger partial charge in [-0.15, -0.1) is 0 Å². The van der Waals surface area contributed by atoms with E-state index in [0.29, 0.717) is 17.6 Å². The molecular weight excluding hydrogens is 348 g/mol. The molecule has 2 rings (SSSR count). The molecule has 0 spiro atoms. The van der Waals surface area contributed by atoms with Crippen molar-refractivity contribution in [2.24, 2.45) is 4.99 Å². The number of piperidine rings is 1. The van der Waals surface area contributed by atoms with E-state index < -0.39 is 6.10 Å². The lowest BCUT2D eigenvalue weighted by Crippen LogP contribution is -2.49. The van der Waals surface area contributed by atoms with E-state index in [0.717, 1.165) is 50.5 Å². The molecule has 1 aromatic rings. The number of aliphatic hydroxyl groups is 1. The van der Waals surface area contributed by atoms with Crippen LogP contribution in [0, 0.1) is 0 Å². The number of benzene rings is 1. The molecule has 6 heteroatoms. The first-order chi connectivity index (χ1) is 12.5. The van der Waals surface area contributed by atoms with Crippen molar-refractivity contribution in [3.63, 3.8) is 0 Å². The quantitative estimate of drug-likeness (QED) is 0.388. The number of halogens is 1. The monoisotopic (exact) mass is 378 g/mol. The molecule has 0 amide bonds. The Morgan fingerprint density at radius 1 is 1.35 bits per heavy atom. The van der Waals surface area contributed by atoms with Gasteiger partial charge in [0.25, 0.3) is 0 Å². The zero-order chi connectivity index (χ0) is 18.9. The van der Waals surface area contributed by atoms with Crippen LogP contribution in [0.5, 0.6) is 0 Å². The number of hydrogen-bond acceptors (Lipinski definition) is 3. The zero-order valence-electron chi connectivity index (χ0n) is 15.8. The Morgan fingerprint density at radius 2 is 2.00 bits per heavy atom. The van der Waals surface area contributed by atoms with Crippen LogP contribution in [0.15, 0.2) is 41.4 Å². The van der Waals surface area contributed by atoms with Gasteiger partial charge in [0.2, 0.25) is 0 Å². The largest absolute Gasteiger partial charge is 0.386 e. The summed E-state index contributed by atoms with van der Waals surface area (Å²) in [5.41, 5.74) is 2.03. The molecule has 0 bridgehead atoms. The summed E-state index contributed by atoms with van der Waals surface area (Å²) in [6, 6.07) is 7.64. The minimum absolute atomic E-state index is 0.311. The maximum atomic E-state index is 10.3. The van der Waals surface area contributed by atoms with Crippen LogP contribution in [0.4, 0.5) is 0 Å². The first-order valence-electron chi connectivity index (χ1n) is 9.33. The van der Waals surface area contributed by atoms with Gasteiger partial charge in [0.05, 0.1) is 12.6 Å². The first kappa shape index (κ1) is 20.7. The van der Waals surface area contributed by atoms with Crippen LogP contribution in [-0.2, 0) is 0 Å². The van der Waals surface area contributed by atoms with E-state index in [-0.39, 0.29) is 0 Å². The fraction of sp³-hybridized carbons (Fsp3) is 0.550. The molecule has 1 fully saturated rings. The molecule has 0 aromatic heterocycles. The van der Waals surface area contributed by atoms with Crippen LogP contribution in [0.2, 0.25) is 5.02 Å². The normalized spacial score (nSPS) is 17.8. The molecule has 144 valence electrons. The summed E-state index contributed by atoms with van der Waals surface area (Å²) < 4.78 is 0. The van der Waals surface area contributed by atoms with Gasteiger partial charge in [-0.3, -0.25) is 9.89 Å². The van der Waals surface area contributed by atoms with Gasteiger partial charge in [-0.2, -0.15) is 0 Å². The molecule has 1 saturated heterocycles. The molecule has 1 heterocycles. The topological polar surface area (TPSA) is 59.9 Å². The molecule has 0 radical (unpaired) electrons. The standard InChI is InChI=1S/C20H31ClN4O/c1-4-22-20(23-13-19(26)16-5-7-17(21)8-6-16)24-18-9-11-25(12-10-18)14-15(2)3/h5-8,18-19,26H,2,4,9-14H2,1,3H3,(H2,22,23,24). The summed E-state index contributed by atoms with van der Waals surface area (Å²) in [5.74, 6) is 0.763. The molecule has 5 nitrogen and oxygen atoms in total. The summed E-state index contributed by atoms with van der Waals surface area (Å²) in [6.07, 6.45) is 1.52. The average molecular weight is 379 g/mol. The van der Waals surface area contributed by atoms with E-state index in [9.17, 15) is 5.11 Å². The molecule has 0 saturated carbocycles. The number of aliphatic hydroxyl groups excluding tert-OH is 1. The number of nitrogens with zero attached hydrogens (tertiary/aromatic N) is 2. The van der Waals surface area contributed by atoms with Crippen molar-refractivity contribution in [1.82, 2.24) is 15.5 Å². The maximum absolute atomic E-state index is 10.3. The predicted molar refractivity (Wildman–Crippen MR) is 110 cm³/mol. The van der Waals surface area contributed by atoms with E-state index in [1.54, 1.807) is 12.1 Å². The lowest BCUT2D eigenvalue weighted by atomic mass is 10.0. The van der Waals surface area contributed by atoms with Crippen LogP contribution >= 0.6 is 11.6 Å². The van der Waals surface area contributed by atoms with E-state index in [1.165, 1.54) is 5.57 Å². The van der Waals surface area contributed by atoms with Crippen molar-refractivity contribution in [3.05, 3.63) is 47.0 Å². The van der Waals surface area contributed by atoms with E-state index >= 15 is 0 Å². The number of likely N-dealkylation sites (tertiary alicyclic amines) is 1. The second-order valence-corrected chi connectivity index (χ2v) is 7.38. The van der Waals surface area contributed by atoms with Gasteiger partial charge in [-0.1, -0.05) is 35.9 Å². The lowest BCUT2D eigenvalue weighted by molar-refractivity contribution is 0.187. The third kappa shape index (κ3) is 6.98. The van der Waals surface area contributed by atoms with E-state index in [2.05, 4.69) is 34.0 Å².